The van der Waals surface area contributed by atoms with Crippen LogP contribution in [-0.4, -0.2) is 82.2 Å². The molecule has 1 rings (SSSR count). The van der Waals surface area contributed by atoms with Crippen LogP contribution < -0.4 is 22.1 Å². The van der Waals surface area contributed by atoms with Gasteiger partial charge in [-0.05, 0) is 45.1 Å². The number of carboxylic acid groups (broad SMARTS) is 1. The number of nitrogens with two attached hydrogens (primary N) is 2. The van der Waals surface area contributed by atoms with Gasteiger partial charge in [-0.3, -0.25) is 14.4 Å². The number of nitrogens with zero attached hydrogens (tertiary/aromatic N) is 1. The minimum Gasteiger partial charge on any atom is -0.480 e. The lowest BCUT2D eigenvalue weighted by Crippen LogP contribution is -2.60. The number of unbranched alkanes of at least 4 members (excludes halogenated alkanes) is 1. The van der Waals surface area contributed by atoms with Gasteiger partial charge in [0, 0.05) is 6.54 Å². The van der Waals surface area contributed by atoms with Crippen LogP contribution in [0.1, 0.15) is 52.9 Å². The molecule has 1 aliphatic heterocycles. The van der Waals surface area contributed by atoms with Crippen molar-refractivity contribution in [1.29, 1.82) is 0 Å². The van der Waals surface area contributed by atoms with E-state index in [2.05, 4.69) is 10.6 Å². The molecule has 11 nitrogen and oxygen atoms in total. The maximum atomic E-state index is 13.0. The second-order valence-corrected chi connectivity index (χ2v) is 8.38. The van der Waals surface area contributed by atoms with E-state index in [1.165, 1.54) is 11.8 Å². The molecule has 0 aromatic carbocycles. The Labute approximate surface area is 182 Å². The van der Waals surface area contributed by atoms with Gasteiger partial charge in [0.05, 0.1) is 12.1 Å². The average molecular weight is 444 g/mol. The minimum atomic E-state index is -1.31. The molecule has 0 saturated carbocycles. The normalized spacial score (nSPS) is 20.1. The third-order valence-corrected chi connectivity index (χ3v) is 5.42. The van der Waals surface area contributed by atoms with Crippen LogP contribution in [0.3, 0.4) is 0 Å². The van der Waals surface area contributed by atoms with E-state index in [0.717, 1.165) is 0 Å². The Kier molecular flexibility index (Phi) is 10.9. The predicted molar refractivity (Wildman–Crippen MR) is 114 cm³/mol. The van der Waals surface area contributed by atoms with Crippen molar-refractivity contribution in [2.24, 2.45) is 17.4 Å². The van der Waals surface area contributed by atoms with Crippen LogP contribution in [0.4, 0.5) is 0 Å². The number of hydrogen-bond acceptors (Lipinski definition) is 7. The molecule has 5 atom stereocenters. The molecule has 1 aliphatic rings. The number of carboxylic acids is 1. The summed E-state index contributed by atoms with van der Waals surface area (Å²) in [6.45, 7) is 5.56. The van der Waals surface area contributed by atoms with Crippen molar-refractivity contribution in [2.45, 2.75) is 83.1 Å². The largest absolute Gasteiger partial charge is 0.480 e. The zero-order valence-corrected chi connectivity index (χ0v) is 18.5. The molecular weight excluding hydrogens is 406 g/mol. The van der Waals surface area contributed by atoms with Crippen molar-refractivity contribution >= 4 is 23.7 Å². The van der Waals surface area contributed by atoms with Crippen LogP contribution in [0.5, 0.6) is 0 Å². The molecule has 11 heteroatoms. The van der Waals surface area contributed by atoms with Crippen molar-refractivity contribution in [1.82, 2.24) is 15.5 Å². The molecule has 3 amide bonds. The molecule has 0 spiro atoms. The predicted octanol–water partition coefficient (Wildman–Crippen LogP) is -1.48. The number of aliphatic hydroxyl groups excluding tert-OH is 1. The van der Waals surface area contributed by atoms with Gasteiger partial charge in [-0.15, -0.1) is 0 Å². The highest BCUT2D eigenvalue weighted by atomic mass is 16.4. The maximum absolute atomic E-state index is 13.0. The Morgan fingerprint density at radius 3 is 2.19 bits per heavy atom. The first-order valence-corrected chi connectivity index (χ1v) is 10.8. The number of aliphatic hydroxyl groups is 1. The molecule has 0 aromatic rings. The van der Waals surface area contributed by atoms with E-state index in [0.29, 0.717) is 45.2 Å². The number of rotatable bonds is 12. The van der Waals surface area contributed by atoms with E-state index < -0.39 is 54.0 Å². The quantitative estimate of drug-likeness (QED) is 0.197. The first-order valence-electron chi connectivity index (χ1n) is 10.8. The first kappa shape index (κ1) is 26.8. The molecule has 5 unspecified atom stereocenters. The van der Waals surface area contributed by atoms with E-state index in [-0.39, 0.29) is 5.92 Å². The monoisotopic (exact) mass is 443 g/mol. The fraction of sp³-hybridized carbons (Fsp3) is 0.800. The molecule has 0 aromatic heterocycles. The standard InChI is InChI=1S/C20H37N5O6/c1-11(2)15(19(29)25-10-6-8-14(25)20(30)31)23-18(28)16(12(3)26)24-17(27)13(22)7-4-5-9-21/h11-16,26H,4-10,21-22H2,1-3H3,(H,23,28)(H,24,27)(H,30,31). The summed E-state index contributed by atoms with van der Waals surface area (Å²) >= 11 is 0. The molecule has 0 radical (unpaired) electrons. The van der Waals surface area contributed by atoms with Gasteiger partial charge in [-0.1, -0.05) is 20.3 Å². The summed E-state index contributed by atoms with van der Waals surface area (Å²) < 4.78 is 0. The molecule has 0 bridgehead atoms. The van der Waals surface area contributed by atoms with Crippen LogP contribution in [0.2, 0.25) is 0 Å². The van der Waals surface area contributed by atoms with Crippen molar-refractivity contribution in [2.75, 3.05) is 13.1 Å². The van der Waals surface area contributed by atoms with Crippen LogP contribution in [0.15, 0.2) is 0 Å². The van der Waals surface area contributed by atoms with Gasteiger partial charge in [-0.25, -0.2) is 4.79 Å². The maximum Gasteiger partial charge on any atom is 0.326 e. The third-order valence-electron chi connectivity index (χ3n) is 5.42. The molecule has 1 heterocycles. The minimum absolute atomic E-state index is 0.295. The number of carbonyl (C=O) groups excluding carboxylic acids is 3. The van der Waals surface area contributed by atoms with E-state index >= 15 is 0 Å². The van der Waals surface area contributed by atoms with E-state index in [1.807, 2.05) is 0 Å². The van der Waals surface area contributed by atoms with Crippen LogP contribution >= 0.6 is 0 Å². The highest BCUT2D eigenvalue weighted by Crippen LogP contribution is 2.20. The van der Waals surface area contributed by atoms with Gasteiger partial charge in [0.2, 0.25) is 17.7 Å². The summed E-state index contributed by atoms with van der Waals surface area (Å²) in [5, 5.41) is 24.4. The van der Waals surface area contributed by atoms with E-state index in [9.17, 15) is 29.4 Å². The number of amides is 3. The van der Waals surface area contributed by atoms with Gasteiger partial charge in [0.1, 0.15) is 18.1 Å². The average Bonchev–Trinajstić information content (AvgIpc) is 3.19. The molecule has 31 heavy (non-hydrogen) atoms. The number of aliphatic carboxylic acids is 1. The lowest BCUT2D eigenvalue weighted by Gasteiger charge is -2.31. The molecule has 178 valence electrons. The van der Waals surface area contributed by atoms with E-state index in [1.54, 1.807) is 13.8 Å². The Hall–Kier alpha value is -2.24. The van der Waals surface area contributed by atoms with E-state index in [4.69, 9.17) is 11.5 Å². The van der Waals surface area contributed by atoms with Crippen molar-refractivity contribution in [3.63, 3.8) is 0 Å². The van der Waals surface area contributed by atoms with Gasteiger partial charge < -0.3 is 37.2 Å². The van der Waals surface area contributed by atoms with Crippen molar-refractivity contribution < 1.29 is 29.4 Å². The second-order valence-electron chi connectivity index (χ2n) is 8.38. The molecule has 8 N–H and O–H groups in total. The van der Waals surface area contributed by atoms with Crippen molar-refractivity contribution in [3.8, 4) is 0 Å². The zero-order chi connectivity index (χ0) is 23.7. The van der Waals surface area contributed by atoms with Crippen LogP contribution in [0.25, 0.3) is 0 Å². The summed E-state index contributed by atoms with van der Waals surface area (Å²) in [6, 6.07) is -4.09. The molecule has 1 saturated heterocycles. The Balaban J connectivity index is 2.86. The summed E-state index contributed by atoms with van der Waals surface area (Å²) in [5.74, 6) is -3.25. The Morgan fingerprint density at radius 1 is 1.06 bits per heavy atom. The van der Waals surface area contributed by atoms with Crippen LogP contribution in [0, 0.1) is 5.92 Å². The lowest BCUT2D eigenvalue weighted by atomic mass is 10.0. The number of nitrogens with one attached hydrogen (secondary N) is 2. The van der Waals surface area contributed by atoms with Gasteiger partial charge in [0.15, 0.2) is 0 Å². The zero-order valence-electron chi connectivity index (χ0n) is 18.5. The second kappa shape index (κ2) is 12.6. The highest BCUT2D eigenvalue weighted by Gasteiger charge is 2.39. The SMILES string of the molecule is CC(C)C(NC(=O)C(NC(=O)C(N)CCCCN)C(C)O)C(=O)N1CCCC1C(=O)O. The Bertz CT molecular complexity index is 642. The summed E-state index contributed by atoms with van der Waals surface area (Å²) in [7, 11) is 0. The smallest absolute Gasteiger partial charge is 0.326 e. The lowest BCUT2D eigenvalue weighted by molar-refractivity contribution is -0.150. The van der Waals surface area contributed by atoms with Gasteiger partial charge in [-0.2, -0.15) is 0 Å². The summed E-state index contributed by atoms with van der Waals surface area (Å²) in [4.78, 5) is 50.8. The van der Waals surface area contributed by atoms with Gasteiger partial charge >= 0.3 is 5.97 Å². The fourth-order valence-electron chi connectivity index (χ4n) is 3.53. The topological polar surface area (TPSA) is 188 Å². The third kappa shape index (κ3) is 7.75. The first-order chi connectivity index (χ1) is 14.5. The molecular formula is C20H37N5O6. The summed E-state index contributed by atoms with van der Waals surface area (Å²) in [5.41, 5.74) is 11.3. The number of carbonyl (C=O) groups is 4. The molecule has 1 fully saturated rings. The molecule has 0 aliphatic carbocycles. The van der Waals surface area contributed by atoms with Crippen molar-refractivity contribution in [3.05, 3.63) is 0 Å². The fourth-order valence-corrected chi connectivity index (χ4v) is 3.53. The Morgan fingerprint density at radius 2 is 1.68 bits per heavy atom. The highest BCUT2D eigenvalue weighted by molar-refractivity contribution is 5.94. The summed E-state index contributed by atoms with van der Waals surface area (Å²) in [6.07, 6.45) is 1.44. The van der Waals surface area contributed by atoms with Gasteiger partial charge in [0.25, 0.3) is 0 Å². The van der Waals surface area contributed by atoms with Crippen LogP contribution in [-0.2, 0) is 19.2 Å². The number of likely N-dealkylation sites (tertiary alicyclic amines) is 1. The number of hydrogen-bond donors (Lipinski definition) is 6.